The van der Waals surface area contributed by atoms with E-state index in [4.69, 9.17) is 0 Å². The summed E-state index contributed by atoms with van der Waals surface area (Å²) in [6.07, 6.45) is 4.68. The summed E-state index contributed by atoms with van der Waals surface area (Å²) in [4.78, 5) is 1.99. The van der Waals surface area contributed by atoms with E-state index in [0.29, 0.717) is 11.1 Å². The van der Waals surface area contributed by atoms with E-state index in [1.165, 1.54) is 23.5 Å². The van der Waals surface area contributed by atoms with E-state index < -0.39 is 35.3 Å². The van der Waals surface area contributed by atoms with Crippen molar-refractivity contribution in [3.8, 4) is 0 Å². The Hall–Kier alpha value is -1.58. The highest BCUT2D eigenvalue weighted by atomic mass is 32.2. The Balaban J connectivity index is 2.52. The fourth-order valence-corrected chi connectivity index (χ4v) is 3.87. The molecule has 0 radical (unpaired) electrons. The number of rotatable bonds is 10. The van der Waals surface area contributed by atoms with Gasteiger partial charge in [0.25, 0.3) is 0 Å². The molecule has 158 valence electrons. The highest BCUT2D eigenvalue weighted by molar-refractivity contribution is 7.98. The number of hydrogen-bond acceptors (Lipinski definition) is 6. The standard InChI is InChI=1S/C20H23F2NO3S3/c1-27-16-8-4-14(5-9-16)18(12-21)20(23-26-29(3,24)25)19(13-22)15-6-10-17(28-2)11-7-15/h4-11,18-19H,12-13H2,1-3H3. The fraction of sp³-hybridized carbons (Fsp3) is 0.350. The molecule has 4 nitrogen and oxygen atoms in total. The fourth-order valence-electron chi connectivity index (χ4n) is 2.83. The smallest absolute Gasteiger partial charge is 0.269 e. The van der Waals surface area contributed by atoms with Crippen molar-refractivity contribution in [3.05, 3.63) is 59.7 Å². The van der Waals surface area contributed by atoms with E-state index in [9.17, 15) is 17.2 Å². The molecule has 2 aromatic carbocycles. The van der Waals surface area contributed by atoms with Gasteiger partial charge in [0, 0.05) is 9.79 Å². The van der Waals surface area contributed by atoms with Crippen LogP contribution in [-0.4, -0.2) is 46.2 Å². The minimum atomic E-state index is -3.93. The molecule has 0 bridgehead atoms. The molecule has 0 N–H and O–H groups in total. The van der Waals surface area contributed by atoms with Gasteiger partial charge in [0.15, 0.2) is 0 Å². The SMILES string of the molecule is CSc1ccc(C(CF)C(=NOS(C)(=O)=O)C(CF)c2ccc(SC)cc2)cc1. The third-order valence-corrected chi connectivity index (χ3v) is 6.17. The highest BCUT2D eigenvalue weighted by Crippen LogP contribution is 2.31. The summed E-state index contributed by atoms with van der Waals surface area (Å²) in [7, 11) is -3.93. The van der Waals surface area contributed by atoms with Gasteiger partial charge in [0.2, 0.25) is 0 Å². The molecule has 0 aliphatic carbocycles. The van der Waals surface area contributed by atoms with E-state index in [0.717, 1.165) is 16.0 Å². The molecule has 2 atom stereocenters. The van der Waals surface area contributed by atoms with Gasteiger partial charge in [0.1, 0.15) is 13.3 Å². The second-order valence-electron chi connectivity index (χ2n) is 6.25. The summed E-state index contributed by atoms with van der Waals surface area (Å²) in [5.74, 6) is -1.87. The summed E-state index contributed by atoms with van der Waals surface area (Å²) in [6.45, 7) is -1.74. The van der Waals surface area contributed by atoms with Crippen molar-refractivity contribution in [2.45, 2.75) is 21.6 Å². The summed E-state index contributed by atoms with van der Waals surface area (Å²) < 4.78 is 55.8. The van der Waals surface area contributed by atoms with Gasteiger partial charge in [-0.1, -0.05) is 29.4 Å². The van der Waals surface area contributed by atoms with E-state index >= 15 is 0 Å². The first-order valence-electron chi connectivity index (χ1n) is 8.69. The summed E-state index contributed by atoms with van der Waals surface area (Å²) in [6, 6.07) is 14.3. The Labute approximate surface area is 179 Å². The average Bonchev–Trinajstić information content (AvgIpc) is 2.72. The molecule has 0 saturated carbocycles. The molecule has 9 heteroatoms. The van der Waals surface area contributed by atoms with E-state index in [1.807, 2.05) is 36.8 Å². The quantitative estimate of drug-likeness (QED) is 0.275. The van der Waals surface area contributed by atoms with E-state index in [1.54, 1.807) is 24.3 Å². The second-order valence-corrected chi connectivity index (χ2v) is 9.57. The monoisotopic (exact) mass is 459 g/mol. The van der Waals surface area contributed by atoms with Crippen LogP contribution in [0.4, 0.5) is 8.78 Å². The second kappa shape index (κ2) is 11.0. The van der Waals surface area contributed by atoms with Crippen LogP contribution in [0.3, 0.4) is 0 Å². The minimum Gasteiger partial charge on any atom is -0.269 e. The van der Waals surface area contributed by atoms with Crippen molar-refractivity contribution in [1.82, 2.24) is 0 Å². The van der Waals surface area contributed by atoms with Crippen LogP contribution in [0.1, 0.15) is 23.0 Å². The van der Waals surface area contributed by atoms with Gasteiger partial charge in [-0.3, -0.25) is 13.1 Å². The molecular formula is C20H23F2NO3S3. The third kappa shape index (κ3) is 6.72. The van der Waals surface area contributed by atoms with Gasteiger partial charge in [-0.2, -0.15) is 8.42 Å². The zero-order chi connectivity index (χ0) is 21.4. The number of benzene rings is 2. The predicted octanol–water partition coefficient (Wildman–Crippen LogP) is 5.27. The van der Waals surface area contributed by atoms with Crippen LogP contribution in [0.5, 0.6) is 0 Å². The largest absolute Gasteiger partial charge is 0.325 e. The first-order chi connectivity index (χ1) is 13.8. The van der Waals surface area contributed by atoms with Crippen LogP contribution in [0.2, 0.25) is 0 Å². The van der Waals surface area contributed by atoms with Gasteiger partial charge < -0.3 is 0 Å². The third-order valence-electron chi connectivity index (χ3n) is 4.34. The Morgan fingerprint density at radius 3 is 1.55 bits per heavy atom. The molecule has 0 saturated heterocycles. The first kappa shape index (κ1) is 23.7. The summed E-state index contributed by atoms with van der Waals surface area (Å²) in [5, 5.41) is 3.71. The molecule has 0 aromatic heterocycles. The van der Waals surface area contributed by atoms with Gasteiger partial charge in [0.05, 0.1) is 23.8 Å². The van der Waals surface area contributed by atoms with Crippen molar-refractivity contribution < 1.29 is 21.5 Å². The first-order valence-corrected chi connectivity index (χ1v) is 13.0. The number of nitrogens with zero attached hydrogens (tertiary/aromatic N) is 1. The zero-order valence-electron chi connectivity index (χ0n) is 16.3. The molecule has 2 rings (SSSR count). The van der Waals surface area contributed by atoms with Crippen LogP contribution in [0.25, 0.3) is 0 Å². The molecule has 0 aliphatic rings. The molecule has 0 amide bonds. The van der Waals surface area contributed by atoms with Crippen LogP contribution in [0, 0.1) is 0 Å². The Morgan fingerprint density at radius 1 is 0.897 bits per heavy atom. The molecule has 2 unspecified atom stereocenters. The molecule has 29 heavy (non-hydrogen) atoms. The lowest BCUT2D eigenvalue weighted by atomic mass is 9.84. The zero-order valence-corrected chi connectivity index (χ0v) is 18.8. The lowest BCUT2D eigenvalue weighted by Gasteiger charge is -2.23. The van der Waals surface area contributed by atoms with Crippen molar-refractivity contribution >= 4 is 39.4 Å². The Bertz CT molecular complexity index is 859. The van der Waals surface area contributed by atoms with Gasteiger partial charge >= 0.3 is 10.1 Å². The van der Waals surface area contributed by atoms with Crippen molar-refractivity contribution in [2.75, 3.05) is 32.1 Å². The Morgan fingerprint density at radius 2 is 1.28 bits per heavy atom. The lowest BCUT2D eigenvalue weighted by Crippen LogP contribution is -2.25. The normalized spacial score (nSPS) is 13.6. The predicted molar refractivity (Wildman–Crippen MR) is 117 cm³/mol. The lowest BCUT2D eigenvalue weighted by molar-refractivity contribution is 0.333. The van der Waals surface area contributed by atoms with E-state index in [2.05, 4.69) is 9.44 Å². The van der Waals surface area contributed by atoms with Crippen molar-refractivity contribution in [1.29, 1.82) is 0 Å². The van der Waals surface area contributed by atoms with Crippen LogP contribution >= 0.6 is 23.5 Å². The van der Waals surface area contributed by atoms with Gasteiger partial charge in [-0.25, -0.2) is 0 Å². The molecule has 0 fully saturated rings. The van der Waals surface area contributed by atoms with Crippen LogP contribution < -0.4 is 0 Å². The van der Waals surface area contributed by atoms with E-state index in [-0.39, 0.29) is 5.71 Å². The molecule has 0 heterocycles. The summed E-state index contributed by atoms with van der Waals surface area (Å²) in [5.41, 5.74) is 1.13. The maximum Gasteiger partial charge on any atom is 0.325 e. The molecule has 0 spiro atoms. The topological polar surface area (TPSA) is 55.7 Å². The summed E-state index contributed by atoms with van der Waals surface area (Å²) >= 11 is 3.08. The number of alkyl halides is 2. The van der Waals surface area contributed by atoms with Gasteiger partial charge in [-0.15, -0.1) is 23.5 Å². The highest BCUT2D eigenvalue weighted by Gasteiger charge is 2.29. The molecular weight excluding hydrogens is 436 g/mol. The Kier molecular flexibility index (Phi) is 8.98. The van der Waals surface area contributed by atoms with Crippen molar-refractivity contribution in [2.24, 2.45) is 5.16 Å². The van der Waals surface area contributed by atoms with Crippen molar-refractivity contribution in [3.63, 3.8) is 0 Å². The number of hydrogen-bond donors (Lipinski definition) is 0. The maximum absolute atomic E-state index is 14.1. The number of oxime groups is 1. The minimum absolute atomic E-state index is 0.00534. The number of thioether (sulfide) groups is 2. The number of halogens is 2. The molecule has 2 aromatic rings. The van der Waals surface area contributed by atoms with Crippen LogP contribution in [-0.2, 0) is 14.4 Å². The van der Waals surface area contributed by atoms with Crippen LogP contribution in [0.15, 0.2) is 63.5 Å². The maximum atomic E-state index is 14.1. The van der Waals surface area contributed by atoms with Gasteiger partial charge in [-0.05, 0) is 47.9 Å². The molecule has 0 aliphatic heterocycles. The average molecular weight is 460 g/mol.